The number of ether oxygens (including phenoxy) is 2. The van der Waals surface area contributed by atoms with Crippen molar-refractivity contribution in [2.75, 3.05) is 33.4 Å². The van der Waals surface area contributed by atoms with E-state index >= 15 is 0 Å². The minimum Gasteiger partial charge on any atom is -0.493 e. The van der Waals surface area contributed by atoms with Gasteiger partial charge in [-0.15, -0.1) is 0 Å². The molecule has 4 rings (SSSR count). The van der Waals surface area contributed by atoms with Gasteiger partial charge in [-0.1, -0.05) is 30.3 Å². The van der Waals surface area contributed by atoms with Gasteiger partial charge in [0, 0.05) is 43.6 Å². The van der Waals surface area contributed by atoms with Gasteiger partial charge in [0.15, 0.2) is 5.96 Å². The first kappa shape index (κ1) is 21.6. The maximum atomic E-state index is 14.3. The summed E-state index contributed by atoms with van der Waals surface area (Å²) in [5.41, 5.74) is 2.92. The van der Waals surface area contributed by atoms with Crippen molar-refractivity contribution in [3.63, 3.8) is 0 Å². The van der Waals surface area contributed by atoms with Crippen molar-refractivity contribution in [3.05, 3.63) is 65.0 Å². The van der Waals surface area contributed by atoms with E-state index in [0.29, 0.717) is 31.6 Å². The number of hydrogen-bond donors (Lipinski definition) is 2. The van der Waals surface area contributed by atoms with Gasteiger partial charge in [-0.2, -0.15) is 0 Å². The lowest BCUT2D eigenvalue weighted by Crippen LogP contribution is -2.41. The van der Waals surface area contributed by atoms with Gasteiger partial charge in [-0.25, -0.2) is 4.39 Å². The molecule has 2 aliphatic rings. The molecule has 0 aromatic heterocycles. The van der Waals surface area contributed by atoms with E-state index in [-0.39, 0.29) is 11.2 Å². The van der Waals surface area contributed by atoms with Crippen molar-refractivity contribution in [2.45, 2.75) is 38.1 Å². The molecule has 5 nitrogen and oxygen atoms in total. The Bertz CT molecular complexity index is 921. The minimum absolute atomic E-state index is 0.126. The third-order valence-electron chi connectivity index (χ3n) is 6.28. The predicted molar refractivity (Wildman–Crippen MR) is 121 cm³/mol. The number of hydrogen-bond acceptors (Lipinski definition) is 3. The van der Waals surface area contributed by atoms with E-state index in [1.165, 1.54) is 5.56 Å². The fourth-order valence-corrected chi connectivity index (χ4v) is 4.10. The maximum Gasteiger partial charge on any atom is 0.191 e. The molecule has 2 fully saturated rings. The Morgan fingerprint density at radius 2 is 2.06 bits per heavy atom. The smallest absolute Gasteiger partial charge is 0.191 e. The SMILES string of the molecule is CN=C(NCc1ccc(C)cc1OCC1CCOC1)NCC1(c2ccccc2F)CC1. The molecule has 2 aromatic carbocycles. The number of rotatable bonds is 8. The van der Waals surface area contributed by atoms with Gasteiger partial charge in [0.2, 0.25) is 0 Å². The summed E-state index contributed by atoms with van der Waals surface area (Å²) in [6.45, 7) is 5.61. The highest BCUT2D eigenvalue weighted by Crippen LogP contribution is 2.48. The molecule has 0 radical (unpaired) electrons. The normalized spacial score (nSPS) is 19.8. The molecule has 2 N–H and O–H groups in total. The van der Waals surface area contributed by atoms with Crippen molar-refractivity contribution < 1.29 is 13.9 Å². The van der Waals surface area contributed by atoms with Crippen LogP contribution in [0.25, 0.3) is 0 Å². The lowest BCUT2D eigenvalue weighted by molar-refractivity contribution is 0.166. The largest absolute Gasteiger partial charge is 0.493 e. The third kappa shape index (κ3) is 5.37. The number of aryl methyl sites for hydroxylation is 1. The summed E-state index contributed by atoms with van der Waals surface area (Å²) in [6.07, 6.45) is 3.03. The van der Waals surface area contributed by atoms with Gasteiger partial charge in [0.25, 0.3) is 0 Å². The fourth-order valence-electron chi connectivity index (χ4n) is 4.10. The van der Waals surface area contributed by atoms with Crippen LogP contribution >= 0.6 is 0 Å². The molecule has 1 unspecified atom stereocenters. The summed E-state index contributed by atoms with van der Waals surface area (Å²) in [6, 6.07) is 13.4. The molecule has 0 spiro atoms. The predicted octanol–water partition coefficient (Wildman–Crippen LogP) is 3.95. The third-order valence-corrected chi connectivity index (χ3v) is 6.28. The Balaban J connectivity index is 1.34. The first-order valence-electron chi connectivity index (χ1n) is 11.1. The molecule has 6 heteroatoms. The van der Waals surface area contributed by atoms with E-state index in [9.17, 15) is 4.39 Å². The number of benzene rings is 2. The van der Waals surface area contributed by atoms with Crippen LogP contribution < -0.4 is 15.4 Å². The highest BCUT2D eigenvalue weighted by atomic mass is 19.1. The molecule has 166 valence electrons. The van der Waals surface area contributed by atoms with Gasteiger partial charge in [0.1, 0.15) is 11.6 Å². The molecule has 1 aliphatic heterocycles. The molecule has 1 aliphatic carbocycles. The van der Waals surface area contributed by atoms with Crippen LogP contribution in [0.2, 0.25) is 0 Å². The maximum absolute atomic E-state index is 14.3. The van der Waals surface area contributed by atoms with Crippen LogP contribution in [0.1, 0.15) is 36.0 Å². The van der Waals surface area contributed by atoms with Crippen molar-refractivity contribution in [1.29, 1.82) is 0 Å². The molecular formula is C25H32FN3O2. The van der Waals surface area contributed by atoms with Crippen molar-refractivity contribution >= 4 is 5.96 Å². The van der Waals surface area contributed by atoms with E-state index in [1.54, 1.807) is 19.2 Å². The Morgan fingerprint density at radius 1 is 1.23 bits per heavy atom. The van der Waals surface area contributed by atoms with Crippen LogP contribution in [-0.2, 0) is 16.7 Å². The first-order chi connectivity index (χ1) is 15.1. The topological polar surface area (TPSA) is 54.9 Å². The molecule has 1 heterocycles. The zero-order valence-electron chi connectivity index (χ0n) is 18.4. The van der Waals surface area contributed by atoms with Crippen molar-refractivity contribution in [1.82, 2.24) is 10.6 Å². The monoisotopic (exact) mass is 425 g/mol. The first-order valence-corrected chi connectivity index (χ1v) is 11.1. The summed E-state index contributed by atoms with van der Waals surface area (Å²) < 4.78 is 25.9. The lowest BCUT2D eigenvalue weighted by atomic mass is 9.95. The number of guanidine groups is 1. The number of halogens is 1. The van der Waals surface area contributed by atoms with Gasteiger partial charge < -0.3 is 20.1 Å². The quantitative estimate of drug-likeness (QED) is 0.497. The van der Waals surface area contributed by atoms with Gasteiger partial charge in [-0.05, 0) is 49.4 Å². The molecule has 1 atom stereocenters. The van der Waals surface area contributed by atoms with E-state index in [2.05, 4.69) is 40.7 Å². The highest BCUT2D eigenvalue weighted by molar-refractivity contribution is 5.80. The summed E-state index contributed by atoms with van der Waals surface area (Å²) in [5, 5.41) is 6.77. The van der Waals surface area contributed by atoms with Crippen molar-refractivity contribution in [2.24, 2.45) is 10.9 Å². The Labute approximate surface area is 184 Å². The summed E-state index contributed by atoms with van der Waals surface area (Å²) in [5.74, 6) is 1.95. The molecule has 0 amide bonds. The minimum atomic E-state index is -0.134. The zero-order chi connectivity index (χ0) is 21.7. The van der Waals surface area contributed by atoms with Gasteiger partial charge in [0.05, 0.1) is 13.2 Å². The van der Waals surface area contributed by atoms with E-state index in [4.69, 9.17) is 9.47 Å². The Hall–Kier alpha value is -2.60. The molecule has 0 bridgehead atoms. The summed E-state index contributed by atoms with van der Waals surface area (Å²) >= 11 is 0. The molecule has 1 saturated carbocycles. The standard InChI is InChI=1S/C25H32FN3O2/c1-18-7-8-20(23(13-18)31-16-19-9-12-30-15-19)14-28-24(27-2)29-17-25(10-11-25)21-5-3-4-6-22(21)26/h3-8,13,19H,9-12,14-17H2,1-2H3,(H2,27,28,29). The second kappa shape index (κ2) is 9.69. The zero-order valence-corrected chi connectivity index (χ0v) is 18.4. The number of nitrogens with zero attached hydrogens (tertiary/aromatic N) is 1. The Kier molecular flexibility index (Phi) is 6.76. The number of aliphatic imine (C=N–C) groups is 1. The molecular weight excluding hydrogens is 393 g/mol. The molecule has 31 heavy (non-hydrogen) atoms. The second-order valence-corrected chi connectivity index (χ2v) is 8.69. The average molecular weight is 426 g/mol. The number of nitrogens with one attached hydrogen (secondary N) is 2. The van der Waals surface area contributed by atoms with Crippen LogP contribution in [0.3, 0.4) is 0 Å². The van der Waals surface area contributed by atoms with Crippen LogP contribution in [0.4, 0.5) is 4.39 Å². The second-order valence-electron chi connectivity index (χ2n) is 8.69. The van der Waals surface area contributed by atoms with E-state index in [0.717, 1.165) is 49.4 Å². The summed E-state index contributed by atoms with van der Waals surface area (Å²) in [7, 11) is 1.75. The van der Waals surface area contributed by atoms with Crippen LogP contribution in [-0.4, -0.2) is 39.4 Å². The highest BCUT2D eigenvalue weighted by Gasteiger charge is 2.45. The van der Waals surface area contributed by atoms with E-state index in [1.807, 2.05) is 12.1 Å². The van der Waals surface area contributed by atoms with Crippen LogP contribution in [0.15, 0.2) is 47.5 Å². The van der Waals surface area contributed by atoms with Crippen LogP contribution in [0.5, 0.6) is 5.75 Å². The molecule has 1 saturated heterocycles. The van der Waals surface area contributed by atoms with Gasteiger partial charge >= 0.3 is 0 Å². The van der Waals surface area contributed by atoms with Crippen molar-refractivity contribution in [3.8, 4) is 5.75 Å². The fraction of sp³-hybridized carbons (Fsp3) is 0.480. The average Bonchev–Trinajstić information content (AvgIpc) is 3.37. The van der Waals surface area contributed by atoms with Gasteiger partial charge in [-0.3, -0.25) is 4.99 Å². The summed E-state index contributed by atoms with van der Waals surface area (Å²) in [4.78, 5) is 4.35. The Morgan fingerprint density at radius 3 is 2.77 bits per heavy atom. The lowest BCUT2D eigenvalue weighted by Gasteiger charge is -2.20. The van der Waals surface area contributed by atoms with E-state index < -0.39 is 0 Å². The van der Waals surface area contributed by atoms with Crippen LogP contribution in [0, 0.1) is 18.7 Å². The molecule has 2 aromatic rings.